The Bertz CT molecular complexity index is 501. The Morgan fingerprint density at radius 2 is 1.72 bits per heavy atom. The standard InChI is InChI=1S/C16H29N3O6/c1-6-9(2)12(19-15(24)25-16(3,4)5)13(21)18-10(14(22)23)7-8-11(17)20/h9-10,12H,6-8H2,1-5H3,(H2,17,20)(H,18,21)(H,19,24)(H,22,23)/p-1/t9-,10-,12-/m0/s1. The van der Waals surface area contributed by atoms with E-state index in [1.165, 1.54) is 0 Å². The molecule has 9 nitrogen and oxygen atoms in total. The first-order valence-corrected chi connectivity index (χ1v) is 8.16. The van der Waals surface area contributed by atoms with Crippen LogP contribution in [0.5, 0.6) is 0 Å². The van der Waals surface area contributed by atoms with Gasteiger partial charge in [0.15, 0.2) is 0 Å². The maximum absolute atomic E-state index is 12.4. The third-order valence-corrected chi connectivity index (χ3v) is 3.45. The van der Waals surface area contributed by atoms with E-state index in [1.54, 1.807) is 27.7 Å². The van der Waals surface area contributed by atoms with E-state index >= 15 is 0 Å². The number of hydrogen-bond acceptors (Lipinski definition) is 6. The minimum absolute atomic E-state index is 0.191. The molecule has 0 radical (unpaired) electrons. The zero-order chi connectivity index (χ0) is 19.8. The normalized spacial score (nSPS) is 14.8. The molecule has 0 spiro atoms. The highest BCUT2D eigenvalue weighted by molar-refractivity contribution is 5.89. The fourth-order valence-electron chi connectivity index (χ4n) is 1.93. The van der Waals surface area contributed by atoms with Crippen molar-refractivity contribution in [1.82, 2.24) is 10.6 Å². The van der Waals surface area contributed by atoms with Crippen LogP contribution in [0.15, 0.2) is 0 Å². The summed E-state index contributed by atoms with van der Waals surface area (Å²) in [6.45, 7) is 8.60. The van der Waals surface area contributed by atoms with E-state index < -0.39 is 41.6 Å². The molecule has 3 atom stereocenters. The Morgan fingerprint density at radius 3 is 2.12 bits per heavy atom. The van der Waals surface area contributed by atoms with Crippen LogP contribution in [0.1, 0.15) is 53.9 Å². The molecular formula is C16H28N3O6-. The number of ether oxygens (including phenoxy) is 1. The van der Waals surface area contributed by atoms with Gasteiger partial charge in [-0.05, 0) is 33.1 Å². The van der Waals surface area contributed by atoms with Crippen LogP contribution in [0.4, 0.5) is 4.79 Å². The second kappa shape index (κ2) is 9.85. The first-order valence-electron chi connectivity index (χ1n) is 8.16. The lowest BCUT2D eigenvalue weighted by atomic mass is 9.98. The molecule has 0 saturated heterocycles. The van der Waals surface area contributed by atoms with Crippen molar-refractivity contribution in [3.63, 3.8) is 0 Å². The second-order valence-corrected chi connectivity index (χ2v) is 6.89. The van der Waals surface area contributed by atoms with Gasteiger partial charge in [-0.3, -0.25) is 9.59 Å². The summed E-state index contributed by atoms with van der Waals surface area (Å²) in [7, 11) is 0. The fourth-order valence-corrected chi connectivity index (χ4v) is 1.93. The Morgan fingerprint density at radius 1 is 1.16 bits per heavy atom. The molecule has 0 heterocycles. The molecule has 9 heteroatoms. The van der Waals surface area contributed by atoms with Crippen LogP contribution >= 0.6 is 0 Å². The van der Waals surface area contributed by atoms with Crippen LogP contribution in [0.3, 0.4) is 0 Å². The number of nitrogens with two attached hydrogens (primary N) is 1. The number of nitrogens with one attached hydrogen (secondary N) is 2. The molecule has 3 amide bonds. The molecule has 0 aliphatic heterocycles. The summed E-state index contributed by atoms with van der Waals surface area (Å²) in [5.74, 6) is -3.19. The fraction of sp³-hybridized carbons (Fsp3) is 0.750. The Kier molecular flexibility index (Phi) is 8.94. The number of hydrogen-bond donors (Lipinski definition) is 3. The Balaban J connectivity index is 5.06. The van der Waals surface area contributed by atoms with Crippen molar-refractivity contribution in [2.75, 3.05) is 0 Å². The minimum Gasteiger partial charge on any atom is -0.548 e. The molecule has 25 heavy (non-hydrogen) atoms. The molecule has 0 aliphatic carbocycles. The van der Waals surface area contributed by atoms with E-state index in [0.717, 1.165) is 0 Å². The van der Waals surface area contributed by atoms with Crippen LogP contribution in [-0.2, 0) is 19.1 Å². The summed E-state index contributed by atoms with van der Waals surface area (Å²) in [6, 6.07) is -2.37. The maximum atomic E-state index is 12.4. The number of amides is 3. The molecule has 0 aromatic rings. The third kappa shape index (κ3) is 9.53. The van der Waals surface area contributed by atoms with Gasteiger partial charge in [-0.15, -0.1) is 0 Å². The lowest BCUT2D eigenvalue weighted by Crippen LogP contribution is -2.56. The Hall–Kier alpha value is -2.32. The van der Waals surface area contributed by atoms with E-state index in [2.05, 4.69) is 10.6 Å². The first kappa shape index (κ1) is 22.7. The van der Waals surface area contributed by atoms with Crippen LogP contribution in [0.25, 0.3) is 0 Å². The van der Waals surface area contributed by atoms with Crippen molar-refractivity contribution in [2.45, 2.75) is 71.6 Å². The topological polar surface area (TPSA) is 151 Å². The van der Waals surface area contributed by atoms with Gasteiger partial charge < -0.3 is 31.0 Å². The van der Waals surface area contributed by atoms with Crippen LogP contribution in [-0.4, -0.2) is 41.6 Å². The van der Waals surface area contributed by atoms with E-state index in [-0.39, 0.29) is 18.8 Å². The van der Waals surface area contributed by atoms with E-state index in [4.69, 9.17) is 10.5 Å². The van der Waals surface area contributed by atoms with Crippen molar-refractivity contribution >= 4 is 23.9 Å². The Labute approximate surface area is 147 Å². The summed E-state index contributed by atoms with van der Waals surface area (Å²) in [5, 5.41) is 15.9. The SMILES string of the molecule is CC[C@H](C)[C@H](NC(=O)OC(C)(C)C)C(=O)N[C@@H](CCC(N)=O)C(=O)[O-]. The lowest BCUT2D eigenvalue weighted by molar-refractivity contribution is -0.308. The average Bonchev–Trinajstić information content (AvgIpc) is 2.45. The molecule has 0 aromatic heterocycles. The number of primary amides is 1. The number of carbonyl (C=O) groups is 4. The van der Waals surface area contributed by atoms with Gasteiger partial charge in [-0.1, -0.05) is 20.3 Å². The highest BCUT2D eigenvalue weighted by Gasteiger charge is 2.29. The quantitative estimate of drug-likeness (QED) is 0.502. The summed E-state index contributed by atoms with van der Waals surface area (Å²) in [4.78, 5) is 46.3. The van der Waals surface area contributed by atoms with Gasteiger partial charge in [0.25, 0.3) is 0 Å². The molecule has 0 saturated carbocycles. The molecule has 0 rings (SSSR count). The minimum atomic E-state index is -1.53. The summed E-state index contributed by atoms with van der Waals surface area (Å²) >= 11 is 0. The van der Waals surface area contributed by atoms with Crippen molar-refractivity contribution in [2.24, 2.45) is 11.7 Å². The summed E-state index contributed by atoms with van der Waals surface area (Å²) in [5.41, 5.74) is 4.25. The molecular weight excluding hydrogens is 330 g/mol. The monoisotopic (exact) mass is 358 g/mol. The van der Waals surface area contributed by atoms with Gasteiger partial charge in [-0.2, -0.15) is 0 Å². The van der Waals surface area contributed by atoms with Crippen LogP contribution < -0.4 is 21.5 Å². The number of carboxylic acid groups (broad SMARTS) is 1. The molecule has 0 unspecified atom stereocenters. The zero-order valence-electron chi connectivity index (χ0n) is 15.4. The van der Waals surface area contributed by atoms with Crippen molar-refractivity contribution in [1.29, 1.82) is 0 Å². The second-order valence-electron chi connectivity index (χ2n) is 6.89. The number of alkyl carbamates (subject to hydrolysis) is 1. The maximum Gasteiger partial charge on any atom is 0.408 e. The third-order valence-electron chi connectivity index (χ3n) is 3.45. The zero-order valence-corrected chi connectivity index (χ0v) is 15.4. The van der Waals surface area contributed by atoms with E-state index in [1.807, 2.05) is 6.92 Å². The van der Waals surface area contributed by atoms with Crippen LogP contribution in [0, 0.1) is 5.92 Å². The van der Waals surface area contributed by atoms with Crippen LogP contribution in [0.2, 0.25) is 0 Å². The van der Waals surface area contributed by atoms with E-state index in [9.17, 15) is 24.3 Å². The number of carboxylic acids is 1. The molecule has 4 N–H and O–H groups in total. The van der Waals surface area contributed by atoms with E-state index in [0.29, 0.717) is 6.42 Å². The molecule has 0 aromatic carbocycles. The smallest absolute Gasteiger partial charge is 0.408 e. The largest absolute Gasteiger partial charge is 0.548 e. The van der Waals surface area contributed by atoms with Gasteiger partial charge in [0.1, 0.15) is 11.6 Å². The molecule has 0 fully saturated rings. The highest BCUT2D eigenvalue weighted by atomic mass is 16.6. The van der Waals surface area contributed by atoms with Crippen molar-refractivity contribution < 1.29 is 29.0 Å². The molecule has 0 aliphatic rings. The summed E-state index contributed by atoms with van der Waals surface area (Å²) < 4.78 is 5.12. The van der Waals surface area contributed by atoms with Gasteiger partial charge >= 0.3 is 6.09 Å². The lowest BCUT2D eigenvalue weighted by Gasteiger charge is -2.28. The predicted octanol–water partition coefficient (Wildman–Crippen LogP) is -0.574. The number of aliphatic carboxylic acids is 1. The van der Waals surface area contributed by atoms with Crippen molar-refractivity contribution in [3.05, 3.63) is 0 Å². The van der Waals surface area contributed by atoms with Gasteiger partial charge in [0.05, 0.1) is 12.0 Å². The number of rotatable bonds is 9. The van der Waals surface area contributed by atoms with Gasteiger partial charge in [0.2, 0.25) is 11.8 Å². The molecule has 144 valence electrons. The highest BCUT2D eigenvalue weighted by Crippen LogP contribution is 2.12. The summed E-state index contributed by atoms with van der Waals surface area (Å²) in [6.07, 6.45) is -0.629. The first-order chi connectivity index (χ1) is 11.4. The van der Waals surface area contributed by atoms with Crippen molar-refractivity contribution in [3.8, 4) is 0 Å². The predicted molar refractivity (Wildman–Crippen MR) is 88.0 cm³/mol. The average molecular weight is 358 g/mol. The number of carbonyl (C=O) groups excluding carboxylic acids is 4. The van der Waals surface area contributed by atoms with Gasteiger partial charge in [-0.25, -0.2) is 4.79 Å². The van der Waals surface area contributed by atoms with Gasteiger partial charge in [0, 0.05) is 6.42 Å². The molecule has 0 bridgehead atoms.